The van der Waals surface area contributed by atoms with E-state index in [4.69, 9.17) is 11.6 Å². The zero-order valence-electron chi connectivity index (χ0n) is 22.5. The van der Waals surface area contributed by atoms with E-state index < -0.39 is 23.7 Å². The van der Waals surface area contributed by atoms with Crippen molar-refractivity contribution in [3.63, 3.8) is 0 Å². The molecular formula is C30H35ClN4O5. The maximum atomic E-state index is 13.1. The number of carboxylic acid groups (broad SMARTS) is 1. The van der Waals surface area contributed by atoms with E-state index in [0.717, 1.165) is 55.5 Å². The van der Waals surface area contributed by atoms with Gasteiger partial charge in [0.25, 0.3) is 5.91 Å². The second-order valence-corrected chi connectivity index (χ2v) is 10.6. The van der Waals surface area contributed by atoms with E-state index in [9.17, 15) is 24.7 Å². The summed E-state index contributed by atoms with van der Waals surface area (Å²) in [6, 6.07) is 14.5. The summed E-state index contributed by atoms with van der Waals surface area (Å²) < 4.78 is 2.00. The van der Waals surface area contributed by atoms with Crippen molar-refractivity contribution in [3.05, 3.63) is 76.3 Å². The van der Waals surface area contributed by atoms with Gasteiger partial charge in [0.15, 0.2) is 5.15 Å². The predicted molar refractivity (Wildman–Crippen MR) is 151 cm³/mol. The maximum Gasteiger partial charge on any atom is 0.336 e. The zero-order chi connectivity index (χ0) is 28.6. The van der Waals surface area contributed by atoms with E-state index in [1.165, 1.54) is 0 Å². The van der Waals surface area contributed by atoms with Crippen molar-refractivity contribution in [2.45, 2.75) is 65.0 Å². The minimum Gasteiger partial charge on any atom is -0.478 e. The number of imidazole rings is 1. The minimum absolute atomic E-state index is 0.0861. The highest BCUT2D eigenvalue weighted by atomic mass is 35.5. The summed E-state index contributed by atoms with van der Waals surface area (Å²) in [5, 5.41) is 21.9. The van der Waals surface area contributed by atoms with E-state index in [2.05, 4.69) is 17.2 Å². The molecule has 10 heteroatoms. The summed E-state index contributed by atoms with van der Waals surface area (Å²) in [5.41, 5.74) is 4.92. The number of carboxylic acids is 1. The fourth-order valence-corrected chi connectivity index (χ4v) is 5.73. The molecule has 4 N–H and O–H groups in total. The topological polar surface area (TPSA) is 134 Å². The van der Waals surface area contributed by atoms with Crippen molar-refractivity contribution in [2.24, 2.45) is 11.8 Å². The summed E-state index contributed by atoms with van der Waals surface area (Å²) in [7, 11) is 0. The van der Waals surface area contributed by atoms with E-state index in [-0.39, 0.29) is 18.0 Å². The number of hydrogen-bond donors (Lipinski definition) is 4. The van der Waals surface area contributed by atoms with Crippen molar-refractivity contribution in [1.29, 1.82) is 0 Å². The highest BCUT2D eigenvalue weighted by Gasteiger charge is 2.36. The number of aromatic nitrogens is 2. The van der Waals surface area contributed by atoms with Gasteiger partial charge < -0.3 is 15.0 Å². The number of rotatable bonds is 12. The van der Waals surface area contributed by atoms with Crippen LogP contribution in [0.25, 0.3) is 11.1 Å². The quantitative estimate of drug-likeness (QED) is 0.135. The van der Waals surface area contributed by atoms with Crippen molar-refractivity contribution in [1.82, 2.24) is 20.3 Å². The lowest BCUT2D eigenvalue weighted by Gasteiger charge is -2.21. The number of nitrogens with zero attached hydrogens (tertiary/aromatic N) is 2. The van der Waals surface area contributed by atoms with Crippen LogP contribution in [0.4, 0.5) is 0 Å². The van der Waals surface area contributed by atoms with Gasteiger partial charge in [0.1, 0.15) is 11.7 Å². The number of unbranched alkanes of at least 4 members (excludes halogenated alkanes) is 1. The number of halogens is 1. The molecule has 1 unspecified atom stereocenters. The Morgan fingerprint density at radius 2 is 1.77 bits per heavy atom. The van der Waals surface area contributed by atoms with E-state index in [0.29, 0.717) is 29.4 Å². The van der Waals surface area contributed by atoms with E-state index in [1.54, 1.807) is 23.7 Å². The van der Waals surface area contributed by atoms with Crippen LogP contribution in [0.5, 0.6) is 0 Å². The van der Waals surface area contributed by atoms with Gasteiger partial charge in [-0.05, 0) is 47.9 Å². The van der Waals surface area contributed by atoms with Crippen LogP contribution in [0.2, 0.25) is 5.15 Å². The Labute approximate surface area is 238 Å². The van der Waals surface area contributed by atoms with Gasteiger partial charge in [-0.2, -0.15) is 0 Å². The number of hydroxylamine groups is 1. The monoisotopic (exact) mass is 566 g/mol. The van der Waals surface area contributed by atoms with E-state index >= 15 is 0 Å². The van der Waals surface area contributed by atoms with Gasteiger partial charge in [-0.3, -0.25) is 14.8 Å². The SMILES string of the molecule is CCCCc1nc(Cl)c(CNC(=O)C(C(=O)NO)C2CCCC2)n1Cc1ccc(-c2ccccc2C(=O)O)cc1. The lowest BCUT2D eigenvalue weighted by Crippen LogP contribution is -2.43. The Hall–Kier alpha value is -3.69. The molecule has 3 aromatic rings. The second kappa shape index (κ2) is 13.6. The molecule has 0 aliphatic heterocycles. The first-order valence-electron chi connectivity index (χ1n) is 13.7. The molecule has 212 valence electrons. The predicted octanol–water partition coefficient (Wildman–Crippen LogP) is 5.22. The average Bonchev–Trinajstić information content (AvgIpc) is 3.59. The van der Waals surface area contributed by atoms with Crippen molar-refractivity contribution in [2.75, 3.05) is 0 Å². The molecule has 0 spiro atoms. The molecule has 1 aliphatic rings. The fourth-order valence-electron chi connectivity index (χ4n) is 5.47. The van der Waals surface area contributed by atoms with Crippen molar-refractivity contribution in [3.8, 4) is 11.1 Å². The third kappa shape index (κ3) is 6.71. The highest BCUT2D eigenvalue weighted by Crippen LogP contribution is 2.32. The number of carbonyl (C=O) groups excluding carboxylic acids is 2. The van der Waals surface area contributed by atoms with Crippen LogP contribution < -0.4 is 10.8 Å². The number of benzene rings is 2. The molecule has 0 bridgehead atoms. The van der Waals surface area contributed by atoms with Gasteiger partial charge in [0.05, 0.1) is 17.8 Å². The lowest BCUT2D eigenvalue weighted by atomic mass is 9.89. The molecule has 1 atom stereocenters. The summed E-state index contributed by atoms with van der Waals surface area (Å²) >= 11 is 6.57. The molecule has 0 saturated heterocycles. The Morgan fingerprint density at radius 1 is 1.07 bits per heavy atom. The fraction of sp³-hybridized carbons (Fsp3) is 0.400. The van der Waals surface area contributed by atoms with Crippen LogP contribution >= 0.6 is 11.6 Å². The van der Waals surface area contributed by atoms with Gasteiger partial charge in [-0.1, -0.05) is 80.3 Å². The minimum atomic E-state index is -0.980. The molecule has 40 heavy (non-hydrogen) atoms. The van der Waals surface area contributed by atoms with Gasteiger partial charge >= 0.3 is 5.97 Å². The Bertz CT molecular complexity index is 1350. The molecule has 4 rings (SSSR count). The smallest absolute Gasteiger partial charge is 0.336 e. The average molecular weight is 567 g/mol. The Balaban J connectivity index is 1.56. The largest absolute Gasteiger partial charge is 0.478 e. The van der Waals surface area contributed by atoms with Crippen LogP contribution in [-0.4, -0.2) is 37.6 Å². The zero-order valence-corrected chi connectivity index (χ0v) is 23.3. The molecule has 2 aromatic carbocycles. The van der Waals surface area contributed by atoms with Crippen LogP contribution in [0.15, 0.2) is 48.5 Å². The third-order valence-electron chi connectivity index (χ3n) is 7.60. The third-order valence-corrected chi connectivity index (χ3v) is 7.90. The molecule has 1 aromatic heterocycles. The number of nitrogens with one attached hydrogen (secondary N) is 2. The maximum absolute atomic E-state index is 13.1. The van der Waals surface area contributed by atoms with Crippen LogP contribution in [0, 0.1) is 11.8 Å². The van der Waals surface area contributed by atoms with Crippen LogP contribution in [-0.2, 0) is 29.1 Å². The first-order valence-corrected chi connectivity index (χ1v) is 14.1. The molecule has 1 fully saturated rings. The van der Waals surface area contributed by atoms with Gasteiger partial charge in [0.2, 0.25) is 5.91 Å². The molecule has 1 saturated carbocycles. The molecule has 1 aliphatic carbocycles. The number of aryl methyl sites for hydroxylation is 1. The van der Waals surface area contributed by atoms with Gasteiger partial charge in [-0.15, -0.1) is 0 Å². The first-order chi connectivity index (χ1) is 19.3. The molecular weight excluding hydrogens is 532 g/mol. The summed E-state index contributed by atoms with van der Waals surface area (Å²) in [6.45, 7) is 2.63. The Kier molecular flexibility index (Phi) is 9.95. The van der Waals surface area contributed by atoms with Crippen LogP contribution in [0.3, 0.4) is 0 Å². The second-order valence-electron chi connectivity index (χ2n) is 10.2. The highest BCUT2D eigenvalue weighted by molar-refractivity contribution is 6.30. The van der Waals surface area contributed by atoms with Crippen molar-refractivity contribution < 1.29 is 24.7 Å². The van der Waals surface area contributed by atoms with E-state index in [1.807, 2.05) is 34.9 Å². The number of hydrogen-bond acceptors (Lipinski definition) is 5. The summed E-state index contributed by atoms with van der Waals surface area (Å²) in [4.78, 5) is 41.7. The number of carbonyl (C=O) groups is 3. The molecule has 1 heterocycles. The van der Waals surface area contributed by atoms with Crippen molar-refractivity contribution >= 4 is 29.4 Å². The molecule has 0 radical (unpaired) electrons. The Morgan fingerprint density at radius 3 is 2.42 bits per heavy atom. The standard InChI is InChI=1S/C30H35ClN4O5/c1-2-3-12-25-33-27(31)24(17-32-28(36)26(29(37)34-40)21-8-4-5-9-21)35(25)18-19-13-15-20(16-14-19)22-10-6-7-11-23(22)30(38)39/h6-7,10-11,13-16,21,26,40H,2-5,8-9,12,17-18H2,1H3,(H,32,36)(H,34,37)(H,38,39). The number of aromatic carboxylic acids is 1. The lowest BCUT2D eigenvalue weighted by molar-refractivity contribution is -0.143. The molecule has 9 nitrogen and oxygen atoms in total. The number of amides is 2. The van der Waals surface area contributed by atoms with Gasteiger partial charge in [-0.25, -0.2) is 15.3 Å². The summed E-state index contributed by atoms with van der Waals surface area (Å²) in [6.07, 6.45) is 6.04. The normalized spacial score (nSPS) is 14.2. The summed E-state index contributed by atoms with van der Waals surface area (Å²) in [5.74, 6) is -2.40. The molecule has 2 amide bonds. The van der Waals surface area contributed by atoms with Crippen LogP contribution in [0.1, 0.15) is 72.9 Å². The first kappa shape index (κ1) is 29.3. The van der Waals surface area contributed by atoms with Gasteiger partial charge in [0, 0.05) is 13.0 Å².